The van der Waals surface area contributed by atoms with Crippen LogP contribution in [0, 0.1) is 6.92 Å². The number of ether oxygens (including phenoxy) is 1. The lowest BCUT2D eigenvalue weighted by Crippen LogP contribution is -2.51. The maximum absolute atomic E-state index is 13.6. The first-order chi connectivity index (χ1) is 16.0. The van der Waals surface area contributed by atoms with Crippen LogP contribution >= 0.6 is 0 Å². The molecule has 2 fully saturated rings. The molecule has 0 saturated carbocycles. The third-order valence-corrected chi connectivity index (χ3v) is 6.79. The van der Waals surface area contributed by atoms with Gasteiger partial charge < -0.3 is 14.5 Å². The fourth-order valence-electron chi connectivity index (χ4n) is 4.99. The Morgan fingerprint density at radius 3 is 2.30 bits per heavy atom. The average Bonchev–Trinajstić information content (AvgIpc) is 3.07. The molecule has 2 heterocycles. The van der Waals surface area contributed by atoms with E-state index in [2.05, 4.69) is 17.0 Å². The Labute approximate surface area is 194 Å². The third kappa shape index (κ3) is 4.50. The zero-order valence-electron chi connectivity index (χ0n) is 19.3. The lowest BCUT2D eigenvalue weighted by molar-refractivity contribution is -0.143. The monoisotopic (exact) mass is 449 g/mol. The lowest BCUT2D eigenvalue weighted by Gasteiger charge is -2.38. The molecule has 0 aliphatic carbocycles. The number of carbonyl (C=O) groups excluding carboxylic acids is 3. The highest BCUT2D eigenvalue weighted by molar-refractivity contribution is 6.11. The Hall–Kier alpha value is -3.19. The summed E-state index contributed by atoms with van der Waals surface area (Å²) >= 11 is 0. The van der Waals surface area contributed by atoms with Crippen molar-refractivity contribution in [3.8, 4) is 0 Å². The minimum Gasteiger partial charge on any atom is -0.383 e. The molecule has 2 aromatic carbocycles. The van der Waals surface area contributed by atoms with Crippen molar-refractivity contribution in [1.29, 1.82) is 0 Å². The number of piperazine rings is 1. The number of amides is 3. The molecule has 0 spiro atoms. The molecule has 33 heavy (non-hydrogen) atoms. The molecule has 2 aromatic rings. The van der Waals surface area contributed by atoms with Crippen molar-refractivity contribution in [1.82, 2.24) is 9.80 Å². The second-order valence-electron chi connectivity index (χ2n) is 8.80. The standard InChI is InChI=1S/C26H31N3O4/c1-20-8-6-7-11-22(20)26(19-24(31)29(25(26)32)16-17-33-2)18-23(30)28-14-12-27(13-15-28)21-9-4-3-5-10-21/h3-11H,12-19H2,1-2H3/t26-/m1/s1. The van der Waals surface area contributed by atoms with Gasteiger partial charge in [-0.3, -0.25) is 19.3 Å². The second-order valence-corrected chi connectivity index (χ2v) is 8.80. The summed E-state index contributed by atoms with van der Waals surface area (Å²) in [6.07, 6.45) is 0.00731. The van der Waals surface area contributed by atoms with Crippen LogP contribution in [-0.4, -0.2) is 74.0 Å². The molecule has 0 N–H and O–H groups in total. The van der Waals surface area contributed by atoms with Gasteiger partial charge in [-0.05, 0) is 30.2 Å². The first-order valence-electron chi connectivity index (χ1n) is 11.4. The number of nitrogens with zero attached hydrogens (tertiary/aromatic N) is 3. The summed E-state index contributed by atoms with van der Waals surface area (Å²) in [5.41, 5.74) is 1.66. The lowest BCUT2D eigenvalue weighted by atomic mass is 9.74. The van der Waals surface area contributed by atoms with Crippen molar-refractivity contribution >= 4 is 23.4 Å². The first-order valence-corrected chi connectivity index (χ1v) is 11.4. The molecule has 4 rings (SSSR count). The molecule has 1 atom stereocenters. The van der Waals surface area contributed by atoms with E-state index < -0.39 is 5.41 Å². The Morgan fingerprint density at radius 2 is 1.64 bits per heavy atom. The molecule has 3 amide bonds. The Kier molecular flexibility index (Phi) is 6.79. The highest BCUT2D eigenvalue weighted by atomic mass is 16.5. The van der Waals surface area contributed by atoms with Crippen molar-refractivity contribution in [3.63, 3.8) is 0 Å². The Balaban J connectivity index is 1.54. The van der Waals surface area contributed by atoms with E-state index in [1.165, 1.54) is 12.0 Å². The van der Waals surface area contributed by atoms with E-state index in [9.17, 15) is 14.4 Å². The van der Waals surface area contributed by atoms with Gasteiger partial charge in [0.2, 0.25) is 17.7 Å². The number of aryl methyl sites for hydroxylation is 1. The van der Waals surface area contributed by atoms with Gasteiger partial charge in [0.05, 0.1) is 18.6 Å². The van der Waals surface area contributed by atoms with E-state index in [0.29, 0.717) is 13.1 Å². The first kappa shape index (κ1) is 23.0. The van der Waals surface area contributed by atoms with E-state index in [1.807, 2.05) is 54.3 Å². The van der Waals surface area contributed by atoms with Gasteiger partial charge >= 0.3 is 0 Å². The summed E-state index contributed by atoms with van der Waals surface area (Å²) in [6.45, 7) is 5.05. The van der Waals surface area contributed by atoms with Crippen molar-refractivity contribution < 1.29 is 19.1 Å². The number of benzene rings is 2. The highest BCUT2D eigenvalue weighted by Crippen LogP contribution is 2.41. The van der Waals surface area contributed by atoms with Gasteiger partial charge in [-0.25, -0.2) is 0 Å². The van der Waals surface area contributed by atoms with E-state index in [-0.39, 0.29) is 43.7 Å². The molecular formula is C26H31N3O4. The molecule has 7 nitrogen and oxygen atoms in total. The van der Waals surface area contributed by atoms with Gasteiger partial charge in [-0.1, -0.05) is 42.5 Å². The average molecular weight is 450 g/mol. The topological polar surface area (TPSA) is 70.2 Å². The SMILES string of the molecule is COCCN1C(=O)C[C@](CC(=O)N2CCN(c3ccccc3)CC2)(c2ccccc2C)C1=O. The predicted molar refractivity (Wildman–Crippen MR) is 126 cm³/mol. The van der Waals surface area contributed by atoms with Gasteiger partial charge in [-0.2, -0.15) is 0 Å². The largest absolute Gasteiger partial charge is 0.383 e. The Morgan fingerprint density at radius 1 is 0.970 bits per heavy atom. The van der Waals surface area contributed by atoms with Crippen LogP contribution in [0.3, 0.4) is 0 Å². The van der Waals surface area contributed by atoms with Gasteiger partial charge in [0.15, 0.2) is 0 Å². The Bertz CT molecular complexity index is 1020. The van der Waals surface area contributed by atoms with Crippen LogP contribution in [0.1, 0.15) is 24.0 Å². The van der Waals surface area contributed by atoms with Gasteiger partial charge in [-0.15, -0.1) is 0 Å². The number of methoxy groups -OCH3 is 1. The number of likely N-dealkylation sites (tertiary alicyclic amines) is 1. The summed E-state index contributed by atoms with van der Waals surface area (Å²) in [6, 6.07) is 17.7. The van der Waals surface area contributed by atoms with E-state index in [0.717, 1.165) is 29.9 Å². The van der Waals surface area contributed by atoms with Crippen molar-refractivity contribution in [2.45, 2.75) is 25.2 Å². The number of rotatable bonds is 7. The molecule has 0 bridgehead atoms. The summed E-state index contributed by atoms with van der Waals surface area (Å²) in [5, 5.41) is 0. The fourth-order valence-corrected chi connectivity index (χ4v) is 4.99. The van der Waals surface area contributed by atoms with Crippen LogP contribution in [-0.2, 0) is 24.5 Å². The zero-order valence-corrected chi connectivity index (χ0v) is 19.3. The van der Waals surface area contributed by atoms with E-state index in [4.69, 9.17) is 4.74 Å². The number of hydrogen-bond donors (Lipinski definition) is 0. The van der Waals surface area contributed by atoms with Gasteiger partial charge in [0, 0.05) is 51.8 Å². The molecule has 174 valence electrons. The summed E-state index contributed by atoms with van der Waals surface area (Å²) in [4.78, 5) is 45.3. The molecule has 0 unspecified atom stereocenters. The molecule has 0 aromatic heterocycles. The van der Waals surface area contributed by atoms with E-state index in [1.54, 1.807) is 0 Å². The molecular weight excluding hydrogens is 418 g/mol. The maximum Gasteiger partial charge on any atom is 0.240 e. The highest BCUT2D eigenvalue weighted by Gasteiger charge is 2.54. The van der Waals surface area contributed by atoms with Crippen molar-refractivity contribution in [3.05, 3.63) is 65.7 Å². The van der Waals surface area contributed by atoms with Crippen LogP contribution < -0.4 is 4.90 Å². The van der Waals surface area contributed by atoms with Crippen molar-refractivity contribution in [2.24, 2.45) is 0 Å². The van der Waals surface area contributed by atoms with Crippen LogP contribution in [0.2, 0.25) is 0 Å². The molecule has 2 aliphatic rings. The minimum atomic E-state index is -1.16. The number of anilines is 1. The normalized spacial score (nSPS) is 21.1. The zero-order chi connectivity index (χ0) is 23.4. The third-order valence-electron chi connectivity index (χ3n) is 6.79. The van der Waals surface area contributed by atoms with Crippen molar-refractivity contribution in [2.75, 3.05) is 51.3 Å². The van der Waals surface area contributed by atoms with Crippen LogP contribution in [0.4, 0.5) is 5.69 Å². The molecule has 2 saturated heterocycles. The second kappa shape index (κ2) is 9.75. The fraction of sp³-hybridized carbons (Fsp3) is 0.423. The van der Waals surface area contributed by atoms with Crippen LogP contribution in [0.15, 0.2) is 54.6 Å². The maximum atomic E-state index is 13.6. The van der Waals surface area contributed by atoms with Crippen LogP contribution in [0.25, 0.3) is 0 Å². The number of hydrogen-bond acceptors (Lipinski definition) is 5. The summed E-state index contributed by atoms with van der Waals surface area (Å²) in [7, 11) is 1.54. The predicted octanol–water partition coefficient (Wildman–Crippen LogP) is 2.38. The number of imide groups is 1. The molecule has 0 radical (unpaired) electrons. The van der Waals surface area contributed by atoms with Gasteiger partial charge in [0.25, 0.3) is 0 Å². The smallest absolute Gasteiger partial charge is 0.240 e. The van der Waals surface area contributed by atoms with Gasteiger partial charge in [0.1, 0.15) is 0 Å². The van der Waals surface area contributed by atoms with E-state index >= 15 is 0 Å². The number of carbonyl (C=O) groups is 3. The minimum absolute atomic E-state index is 0.00273. The summed E-state index contributed by atoms with van der Waals surface area (Å²) in [5.74, 6) is -0.627. The van der Waals surface area contributed by atoms with Crippen LogP contribution in [0.5, 0.6) is 0 Å². The summed E-state index contributed by atoms with van der Waals surface area (Å²) < 4.78 is 5.09. The quantitative estimate of drug-likeness (QED) is 0.607. The molecule has 2 aliphatic heterocycles. The number of para-hydroxylation sites is 1. The molecule has 7 heteroatoms.